The molecule has 0 unspecified atom stereocenters. The molecule has 0 atom stereocenters. The van der Waals surface area contributed by atoms with E-state index in [0.717, 1.165) is 0 Å². The lowest BCUT2D eigenvalue weighted by atomic mass is 10.3. The summed E-state index contributed by atoms with van der Waals surface area (Å²) in [4.78, 5) is 19.1. The Morgan fingerprint density at radius 1 is 1.44 bits per heavy atom. The van der Waals surface area contributed by atoms with Crippen LogP contribution < -0.4 is 11.1 Å². The van der Waals surface area contributed by atoms with E-state index in [2.05, 4.69) is 20.4 Å². The van der Waals surface area contributed by atoms with Crippen LogP contribution in [0.2, 0.25) is 0 Å². The topological polar surface area (TPSA) is 107 Å². The van der Waals surface area contributed by atoms with Crippen molar-refractivity contribution in [1.29, 1.82) is 0 Å². The largest absolute Gasteiger partial charge is 0.384 e. The minimum absolute atomic E-state index is 0.0401. The third kappa shape index (κ3) is 1.83. The fraction of sp³-hybridized carbons (Fsp3) is 0.111. The maximum Gasteiger partial charge on any atom is 0.292 e. The van der Waals surface area contributed by atoms with Crippen molar-refractivity contribution in [2.75, 3.05) is 12.8 Å². The van der Waals surface area contributed by atoms with E-state index in [1.165, 1.54) is 7.05 Å². The Morgan fingerprint density at radius 2 is 2.25 bits per heavy atom. The molecule has 0 spiro atoms. The third-order valence-corrected chi connectivity index (χ3v) is 1.85. The molecule has 0 aliphatic carbocycles. The predicted molar refractivity (Wildman–Crippen MR) is 55.3 cm³/mol. The standard InChI is InChI=1S/C9H9N5O2/c1-11-8(15)7-13-9(16-14-7)5-3-2-4-6(10)12-5/h2-4H,1H3,(H2,10,12)(H,11,15). The predicted octanol–water partition coefficient (Wildman–Crippen LogP) is 0.0734. The number of anilines is 1. The van der Waals surface area contributed by atoms with Gasteiger partial charge in [0.25, 0.3) is 17.6 Å². The van der Waals surface area contributed by atoms with Crippen molar-refractivity contribution < 1.29 is 9.32 Å². The quantitative estimate of drug-likeness (QED) is 0.740. The average molecular weight is 219 g/mol. The van der Waals surface area contributed by atoms with Gasteiger partial charge >= 0.3 is 0 Å². The van der Waals surface area contributed by atoms with Crippen LogP contribution in [0.5, 0.6) is 0 Å². The monoisotopic (exact) mass is 219 g/mol. The SMILES string of the molecule is CNC(=O)c1noc(-c2cccc(N)n2)n1. The second-order valence-corrected chi connectivity index (χ2v) is 2.95. The number of carbonyl (C=O) groups is 1. The highest BCUT2D eigenvalue weighted by Crippen LogP contribution is 2.15. The van der Waals surface area contributed by atoms with Gasteiger partial charge in [-0.05, 0) is 12.1 Å². The number of amides is 1. The molecule has 0 aliphatic heterocycles. The van der Waals surface area contributed by atoms with E-state index < -0.39 is 5.91 Å². The molecule has 0 radical (unpaired) electrons. The zero-order valence-electron chi connectivity index (χ0n) is 8.47. The summed E-state index contributed by atoms with van der Waals surface area (Å²) in [7, 11) is 1.48. The molecular weight excluding hydrogens is 210 g/mol. The first-order valence-corrected chi connectivity index (χ1v) is 4.49. The fourth-order valence-electron chi connectivity index (χ4n) is 1.10. The third-order valence-electron chi connectivity index (χ3n) is 1.85. The molecule has 2 aromatic rings. The van der Waals surface area contributed by atoms with Gasteiger partial charge in [0.15, 0.2) is 0 Å². The number of pyridine rings is 1. The zero-order valence-corrected chi connectivity index (χ0v) is 8.47. The van der Waals surface area contributed by atoms with E-state index >= 15 is 0 Å². The van der Waals surface area contributed by atoms with E-state index in [-0.39, 0.29) is 11.7 Å². The van der Waals surface area contributed by atoms with Gasteiger partial charge in [-0.25, -0.2) is 4.98 Å². The Kier molecular flexibility index (Phi) is 2.50. The van der Waals surface area contributed by atoms with Crippen LogP contribution in [0.15, 0.2) is 22.7 Å². The van der Waals surface area contributed by atoms with Crippen molar-refractivity contribution in [3.63, 3.8) is 0 Å². The van der Waals surface area contributed by atoms with E-state index in [1.54, 1.807) is 18.2 Å². The van der Waals surface area contributed by atoms with Crippen molar-refractivity contribution >= 4 is 11.7 Å². The zero-order chi connectivity index (χ0) is 11.5. The van der Waals surface area contributed by atoms with Gasteiger partial charge in [0, 0.05) is 7.05 Å². The Labute approximate surface area is 90.7 Å². The summed E-state index contributed by atoms with van der Waals surface area (Å²) in [5.41, 5.74) is 5.94. The highest BCUT2D eigenvalue weighted by molar-refractivity contribution is 5.90. The van der Waals surface area contributed by atoms with Gasteiger partial charge in [0.05, 0.1) is 0 Å². The number of nitrogens with one attached hydrogen (secondary N) is 1. The molecule has 7 nitrogen and oxygen atoms in total. The summed E-state index contributed by atoms with van der Waals surface area (Å²) in [5, 5.41) is 5.90. The Morgan fingerprint density at radius 3 is 2.94 bits per heavy atom. The molecule has 16 heavy (non-hydrogen) atoms. The molecular formula is C9H9N5O2. The van der Waals surface area contributed by atoms with Gasteiger partial charge in [0.2, 0.25) is 0 Å². The number of nitrogen functional groups attached to an aromatic ring is 1. The molecule has 0 aromatic carbocycles. The van der Waals surface area contributed by atoms with E-state index in [1.807, 2.05) is 0 Å². The van der Waals surface area contributed by atoms with Gasteiger partial charge in [-0.15, -0.1) is 0 Å². The lowest BCUT2D eigenvalue weighted by Crippen LogP contribution is -2.19. The molecule has 0 bridgehead atoms. The van der Waals surface area contributed by atoms with Gasteiger partial charge in [0.1, 0.15) is 11.5 Å². The molecule has 82 valence electrons. The molecule has 2 heterocycles. The van der Waals surface area contributed by atoms with Crippen molar-refractivity contribution in [3.8, 4) is 11.6 Å². The number of carbonyl (C=O) groups excluding carboxylic acids is 1. The number of hydrogen-bond donors (Lipinski definition) is 2. The molecule has 0 fully saturated rings. The normalized spacial score (nSPS) is 10.1. The highest BCUT2D eigenvalue weighted by atomic mass is 16.5. The first-order valence-electron chi connectivity index (χ1n) is 4.49. The Balaban J connectivity index is 2.35. The molecule has 1 amide bonds. The number of aromatic nitrogens is 3. The summed E-state index contributed by atoms with van der Waals surface area (Å²) < 4.78 is 4.89. The maximum atomic E-state index is 11.2. The van der Waals surface area contributed by atoms with Gasteiger partial charge < -0.3 is 15.6 Å². The van der Waals surface area contributed by atoms with Crippen molar-refractivity contribution in [3.05, 3.63) is 24.0 Å². The Hall–Kier alpha value is -2.44. The first kappa shape index (κ1) is 10.1. The molecule has 3 N–H and O–H groups in total. The van der Waals surface area contributed by atoms with Crippen LogP contribution in [-0.4, -0.2) is 28.1 Å². The van der Waals surface area contributed by atoms with E-state index in [0.29, 0.717) is 11.5 Å². The maximum absolute atomic E-state index is 11.2. The smallest absolute Gasteiger partial charge is 0.292 e. The second-order valence-electron chi connectivity index (χ2n) is 2.95. The summed E-state index contributed by atoms with van der Waals surface area (Å²) in [6.45, 7) is 0. The summed E-state index contributed by atoms with van der Waals surface area (Å²) in [6.07, 6.45) is 0. The van der Waals surface area contributed by atoms with Gasteiger partial charge in [-0.2, -0.15) is 4.98 Å². The van der Waals surface area contributed by atoms with Crippen LogP contribution in [0.25, 0.3) is 11.6 Å². The average Bonchev–Trinajstić information content (AvgIpc) is 2.77. The minimum Gasteiger partial charge on any atom is -0.384 e. The van der Waals surface area contributed by atoms with Crippen LogP contribution in [0, 0.1) is 0 Å². The van der Waals surface area contributed by atoms with Gasteiger partial charge in [-0.1, -0.05) is 11.2 Å². The van der Waals surface area contributed by atoms with Crippen molar-refractivity contribution in [2.45, 2.75) is 0 Å². The summed E-state index contributed by atoms with van der Waals surface area (Å²) >= 11 is 0. The lowest BCUT2D eigenvalue weighted by molar-refractivity contribution is 0.0950. The number of nitrogens with zero attached hydrogens (tertiary/aromatic N) is 3. The van der Waals surface area contributed by atoms with Gasteiger partial charge in [-0.3, -0.25) is 4.79 Å². The molecule has 2 rings (SSSR count). The highest BCUT2D eigenvalue weighted by Gasteiger charge is 2.14. The Bertz CT molecular complexity index is 522. The van der Waals surface area contributed by atoms with Crippen LogP contribution in [-0.2, 0) is 0 Å². The molecule has 0 aliphatic rings. The first-order chi connectivity index (χ1) is 7.70. The molecule has 2 aromatic heterocycles. The molecule has 0 saturated carbocycles. The number of nitrogens with two attached hydrogens (primary N) is 1. The van der Waals surface area contributed by atoms with Crippen molar-refractivity contribution in [2.24, 2.45) is 0 Å². The van der Waals surface area contributed by atoms with E-state index in [4.69, 9.17) is 10.3 Å². The summed E-state index contributed by atoms with van der Waals surface area (Å²) in [6, 6.07) is 5.01. The number of rotatable bonds is 2. The molecule has 0 saturated heterocycles. The lowest BCUT2D eigenvalue weighted by Gasteiger charge is -1.94. The fourth-order valence-corrected chi connectivity index (χ4v) is 1.10. The number of hydrogen-bond acceptors (Lipinski definition) is 6. The van der Waals surface area contributed by atoms with Crippen molar-refractivity contribution in [1.82, 2.24) is 20.4 Å². The minimum atomic E-state index is -0.418. The van der Waals surface area contributed by atoms with Crippen LogP contribution in [0.1, 0.15) is 10.6 Å². The van der Waals surface area contributed by atoms with E-state index in [9.17, 15) is 4.79 Å². The van der Waals surface area contributed by atoms with Crippen LogP contribution in [0.3, 0.4) is 0 Å². The summed E-state index contributed by atoms with van der Waals surface area (Å²) in [5.74, 6) is 0.0451. The second kappa shape index (κ2) is 3.97. The van der Waals surface area contributed by atoms with Crippen LogP contribution in [0.4, 0.5) is 5.82 Å². The molecule has 7 heteroatoms. The van der Waals surface area contributed by atoms with Crippen LogP contribution >= 0.6 is 0 Å².